The topological polar surface area (TPSA) is 66.6 Å². The minimum absolute atomic E-state index is 0.0462. The first-order valence-electron chi connectivity index (χ1n) is 7.06. The number of carbonyl (C=O) groups excluding carboxylic acids is 1. The molecule has 7 heteroatoms. The van der Waals surface area contributed by atoms with E-state index in [9.17, 15) is 23.1 Å². The van der Waals surface area contributed by atoms with Crippen molar-refractivity contribution in [3.05, 3.63) is 0 Å². The fraction of sp³-hybridized carbons (Fsp3) is 0.923. The van der Waals surface area contributed by atoms with Crippen molar-refractivity contribution in [3.8, 4) is 0 Å². The number of aliphatic hydroxyl groups is 1. The third-order valence-corrected chi connectivity index (χ3v) is 5.35. The lowest BCUT2D eigenvalue weighted by atomic mass is 9.84. The number of hydrogen-bond acceptors (Lipinski definition) is 3. The minimum atomic E-state index is -4.70. The van der Waals surface area contributed by atoms with Crippen molar-refractivity contribution >= 4 is 5.91 Å². The van der Waals surface area contributed by atoms with Gasteiger partial charge in [0.15, 0.2) is 5.60 Å². The molecule has 20 heavy (non-hydrogen) atoms. The second kappa shape index (κ2) is 4.34. The number of hydrogen-bond donors (Lipinski definition) is 2. The number of rotatable bonds is 1. The second-order valence-corrected chi connectivity index (χ2v) is 6.48. The SMILES string of the molecule is NC1C2CCC(C2)C1C(=O)N1CCC(O)(C(F)(F)F)C1. The highest BCUT2D eigenvalue weighted by molar-refractivity contribution is 5.81. The Kier molecular flexibility index (Phi) is 3.06. The molecule has 5 unspecified atom stereocenters. The maximum Gasteiger partial charge on any atom is 0.419 e. The molecule has 0 radical (unpaired) electrons. The van der Waals surface area contributed by atoms with Gasteiger partial charge in [0.25, 0.3) is 0 Å². The van der Waals surface area contributed by atoms with Crippen LogP contribution in [0.25, 0.3) is 0 Å². The van der Waals surface area contributed by atoms with Crippen molar-refractivity contribution in [1.29, 1.82) is 0 Å². The van der Waals surface area contributed by atoms with Crippen LogP contribution in [0.3, 0.4) is 0 Å². The summed E-state index contributed by atoms with van der Waals surface area (Å²) >= 11 is 0. The molecule has 1 saturated heterocycles. The Morgan fingerprint density at radius 3 is 2.45 bits per heavy atom. The summed E-state index contributed by atoms with van der Waals surface area (Å²) in [7, 11) is 0. The molecule has 5 atom stereocenters. The summed E-state index contributed by atoms with van der Waals surface area (Å²) in [6.45, 7) is -0.703. The zero-order valence-corrected chi connectivity index (χ0v) is 11.1. The van der Waals surface area contributed by atoms with Crippen LogP contribution in [-0.2, 0) is 4.79 Å². The third kappa shape index (κ3) is 1.94. The summed E-state index contributed by atoms with van der Waals surface area (Å²) in [4.78, 5) is 13.6. The van der Waals surface area contributed by atoms with Gasteiger partial charge in [-0.25, -0.2) is 0 Å². The summed E-state index contributed by atoms with van der Waals surface area (Å²) in [6, 6.07) is -0.235. The van der Waals surface area contributed by atoms with E-state index < -0.39 is 24.7 Å². The molecule has 114 valence electrons. The highest BCUT2D eigenvalue weighted by Crippen LogP contribution is 2.49. The van der Waals surface area contributed by atoms with Gasteiger partial charge in [-0.15, -0.1) is 0 Å². The Hall–Kier alpha value is -0.820. The first kappa shape index (κ1) is 14.1. The second-order valence-electron chi connectivity index (χ2n) is 6.48. The van der Waals surface area contributed by atoms with Crippen molar-refractivity contribution in [2.45, 2.75) is 43.5 Å². The van der Waals surface area contributed by atoms with E-state index in [-0.39, 0.29) is 30.3 Å². The fourth-order valence-corrected chi connectivity index (χ4v) is 4.13. The predicted molar refractivity (Wildman–Crippen MR) is 64.5 cm³/mol. The number of nitrogens with two attached hydrogens (primary N) is 1. The molecule has 3 rings (SSSR count). The maximum absolute atomic E-state index is 12.8. The Labute approximate surface area is 115 Å². The van der Waals surface area contributed by atoms with Crippen LogP contribution in [0.2, 0.25) is 0 Å². The molecule has 1 heterocycles. The van der Waals surface area contributed by atoms with Crippen LogP contribution >= 0.6 is 0 Å². The van der Waals surface area contributed by atoms with E-state index in [1.165, 1.54) is 0 Å². The lowest BCUT2D eigenvalue weighted by Gasteiger charge is -2.31. The molecule has 3 N–H and O–H groups in total. The van der Waals surface area contributed by atoms with Gasteiger partial charge in [-0.1, -0.05) is 0 Å². The molecule has 4 nitrogen and oxygen atoms in total. The van der Waals surface area contributed by atoms with Crippen LogP contribution in [0.15, 0.2) is 0 Å². The van der Waals surface area contributed by atoms with E-state index in [0.717, 1.165) is 24.2 Å². The molecule has 0 spiro atoms. The van der Waals surface area contributed by atoms with Gasteiger partial charge < -0.3 is 15.7 Å². The molecule has 0 aromatic heterocycles. The van der Waals surface area contributed by atoms with Crippen molar-refractivity contribution in [2.24, 2.45) is 23.5 Å². The molecule has 1 aliphatic heterocycles. The molecule has 2 aliphatic carbocycles. The van der Waals surface area contributed by atoms with E-state index >= 15 is 0 Å². The zero-order chi connectivity index (χ0) is 14.7. The Morgan fingerprint density at radius 1 is 1.30 bits per heavy atom. The first-order chi connectivity index (χ1) is 9.23. The quantitative estimate of drug-likeness (QED) is 0.754. The largest absolute Gasteiger partial charge is 0.419 e. The Bertz CT molecular complexity index is 426. The molecule has 0 aromatic carbocycles. The van der Waals surface area contributed by atoms with Gasteiger partial charge in [0.1, 0.15) is 0 Å². The monoisotopic (exact) mass is 292 g/mol. The zero-order valence-electron chi connectivity index (χ0n) is 11.1. The van der Waals surface area contributed by atoms with Crippen molar-refractivity contribution in [2.75, 3.05) is 13.1 Å². The van der Waals surface area contributed by atoms with Gasteiger partial charge >= 0.3 is 6.18 Å². The fourth-order valence-electron chi connectivity index (χ4n) is 4.13. The predicted octanol–water partition coefficient (Wildman–Crippen LogP) is 0.885. The summed E-state index contributed by atoms with van der Waals surface area (Å²) in [5, 5.41) is 9.64. The number of halogens is 3. The van der Waals surface area contributed by atoms with Crippen molar-refractivity contribution < 1.29 is 23.1 Å². The van der Waals surface area contributed by atoms with Crippen LogP contribution < -0.4 is 5.73 Å². The molecule has 1 amide bonds. The van der Waals surface area contributed by atoms with Crippen LogP contribution in [0.1, 0.15) is 25.7 Å². The lowest BCUT2D eigenvalue weighted by molar-refractivity contribution is -0.253. The molecule has 3 aliphatic rings. The van der Waals surface area contributed by atoms with Crippen molar-refractivity contribution in [3.63, 3.8) is 0 Å². The minimum Gasteiger partial charge on any atom is -0.379 e. The maximum atomic E-state index is 12.8. The van der Waals surface area contributed by atoms with Gasteiger partial charge in [0, 0.05) is 19.0 Å². The molecular weight excluding hydrogens is 273 g/mol. The average Bonchev–Trinajstić information content (AvgIpc) is 3.01. The molecule has 2 bridgehead atoms. The molecule has 2 saturated carbocycles. The summed E-state index contributed by atoms with van der Waals surface area (Å²) in [5.41, 5.74) is 3.29. The number of alkyl halides is 3. The van der Waals surface area contributed by atoms with Crippen molar-refractivity contribution in [1.82, 2.24) is 4.90 Å². The normalized spacial score (nSPS) is 44.4. The van der Waals surface area contributed by atoms with Crippen LogP contribution in [0.5, 0.6) is 0 Å². The molecule has 3 fully saturated rings. The summed E-state index contributed by atoms with van der Waals surface area (Å²) in [6.07, 6.45) is -2.28. The van der Waals surface area contributed by atoms with Gasteiger partial charge in [-0.3, -0.25) is 4.79 Å². The van der Waals surface area contributed by atoms with E-state index in [1.807, 2.05) is 0 Å². The van der Waals surface area contributed by atoms with E-state index in [4.69, 9.17) is 5.73 Å². The summed E-state index contributed by atoms with van der Waals surface area (Å²) < 4.78 is 38.3. The molecule has 0 aromatic rings. The van der Waals surface area contributed by atoms with E-state index in [2.05, 4.69) is 0 Å². The Morgan fingerprint density at radius 2 is 1.95 bits per heavy atom. The first-order valence-corrected chi connectivity index (χ1v) is 7.06. The number of nitrogens with zero attached hydrogens (tertiary/aromatic N) is 1. The van der Waals surface area contributed by atoms with Crippen LogP contribution in [0, 0.1) is 17.8 Å². The smallest absolute Gasteiger partial charge is 0.379 e. The number of carbonyl (C=O) groups is 1. The number of fused-ring (bicyclic) bond motifs is 2. The number of likely N-dealkylation sites (tertiary alicyclic amines) is 1. The third-order valence-electron chi connectivity index (χ3n) is 5.35. The van der Waals surface area contributed by atoms with Crippen LogP contribution in [0.4, 0.5) is 13.2 Å². The van der Waals surface area contributed by atoms with E-state index in [1.54, 1.807) is 0 Å². The number of amides is 1. The van der Waals surface area contributed by atoms with Gasteiger partial charge in [-0.05, 0) is 31.1 Å². The van der Waals surface area contributed by atoms with E-state index in [0.29, 0.717) is 5.92 Å². The lowest BCUT2D eigenvalue weighted by Crippen LogP contribution is -2.51. The summed E-state index contributed by atoms with van der Waals surface area (Å²) in [5.74, 6) is -0.116. The Balaban J connectivity index is 1.71. The van der Waals surface area contributed by atoms with Gasteiger partial charge in [0.2, 0.25) is 5.91 Å². The molecular formula is C13H19F3N2O2. The standard InChI is InChI=1S/C13H19F3N2O2/c14-13(15,16)12(20)3-4-18(6-12)11(19)9-7-1-2-8(5-7)10(9)17/h7-10,20H,1-6,17H2. The van der Waals surface area contributed by atoms with Gasteiger partial charge in [-0.2, -0.15) is 13.2 Å². The van der Waals surface area contributed by atoms with Gasteiger partial charge in [0.05, 0.1) is 12.5 Å². The highest BCUT2D eigenvalue weighted by Gasteiger charge is 2.59. The van der Waals surface area contributed by atoms with Crippen LogP contribution in [-0.4, -0.2) is 46.8 Å². The number of β-amino-alcohol motifs (C(OH)–C–C–N with tert-alkyl or cyclic N) is 1. The average molecular weight is 292 g/mol. The highest BCUT2D eigenvalue weighted by atomic mass is 19.4.